The van der Waals surface area contributed by atoms with Gasteiger partial charge in [0.15, 0.2) is 0 Å². The number of carbonyl (C=O) groups excluding carboxylic acids is 1. The Bertz CT molecular complexity index is 484. The van der Waals surface area contributed by atoms with Crippen molar-refractivity contribution in [3.63, 3.8) is 0 Å². The van der Waals surface area contributed by atoms with E-state index >= 15 is 0 Å². The van der Waals surface area contributed by atoms with Crippen molar-refractivity contribution in [1.29, 1.82) is 0 Å². The summed E-state index contributed by atoms with van der Waals surface area (Å²) in [6.45, 7) is 5.32. The van der Waals surface area contributed by atoms with Crippen molar-refractivity contribution in [2.45, 2.75) is 12.8 Å². The number of rotatable bonds is 2. The lowest BCUT2D eigenvalue weighted by Crippen LogP contribution is -2.52. The minimum Gasteiger partial charge on any atom is -0.368 e. The van der Waals surface area contributed by atoms with Crippen LogP contribution in [0.15, 0.2) is 24.3 Å². The molecule has 0 spiro atoms. The second-order valence-corrected chi connectivity index (χ2v) is 6.27. The smallest absolute Gasteiger partial charge is 0.227 e. The zero-order valence-corrected chi connectivity index (χ0v) is 15.4. The van der Waals surface area contributed by atoms with E-state index in [4.69, 9.17) is 11.6 Å². The van der Waals surface area contributed by atoms with Gasteiger partial charge in [-0.2, -0.15) is 0 Å². The molecule has 23 heavy (non-hydrogen) atoms. The molecule has 2 aliphatic heterocycles. The lowest BCUT2D eigenvalue weighted by atomic mass is 9.98. The molecule has 0 aromatic heterocycles. The highest BCUT2D eigenvalue weighted by molar-refractivity contribution is 6.30. The molecule has 2 fully saturated rings. The second kappa shape index (κ2) is 9.58. The van der Waals surface area contributed by atoms with Crippen LogP contribution in [0.1, 0.15) is 12.8 Å². The van der Waals surface area contributed by atoms with Crippen LogP contribution in [-0.4, -0.2) is 50.1 Å². The summed E-state index contributed by atoms with van der Waals surface area (Å²) in [5, 5.41) is 4.09. The lowest BCUT2D eigenvalue weighted by Gasteiger charge is -2.38. The Kier molecular flexibility index (Phi) is 8.48. The molecule has 1 N–H and O–H groups in total. The Morgan fingerprint density at radius 3 is 2.30 bits per heavy atom. The first-order chi connectivity index (χ1) is 10.2. The summed E-state index contributed by atoms with van der Waals surface area (Å²) in [6, 6.07) is 7.93. The Morgan fingerprint density at radius 2 is 1.74 bits per heavy atom. The van der Waals surface area contributed by atoms with Crippen molar-refractivity contribution in [2.24, 2.45) is 5.92 Å². The van der Waals surface area contributed by atoms with Gasteiger partial charge < -0.3 is 15.1 Å². The molecule has 2 saturated heterocycles. The van der Waals surface area contributed by atoms with Crippen molar-refractivity contribution in [1.82, 2.24) is 10.2 Å². The van der Waals surface area contributed by atoms with Crippen molar-refractivity contribution in [2.75, 3.05) is 44.2 Å². The number of piperazine rings is 1. The molecule has 130 valence electrons. The third-order valence-corrected chi connectivity index (χ3v) is 4.68. The van der Waals surface area contributed by atoms with Gasteiger partial charge in [-0.15, -0.1) is 24.8 Å². The summed E-state index contributed by atoms with van der Waals surface area (Å²) in [5.41, 5.74) is 1.19. The minimum atomic E-state index is 0. The van der Waals surface area contributed by atoms with Crippen molar-refractivity contribution >= 4 is 48.0 Å². The van der Waals surface area contributed by atoms with Crippen molar-refractivity contribution in [3.8, 4) is 0 Å². The van der Waals surface area contributed by atoms with Crippen LogP contribution in [0.25, 0.3) is 0 Å². The van der Waals surface area contributed by atoms with Crippen LogP contribution in [0.2, 0.25) is 5.02 Å². The van der Waals surface area contributed by atoms with Gasteiger partial charge in [-0.05, 0) is 43.7 Å². The molecule has 2 heterocycles. The van der Waals surface area contributed by atoms with E-state index in [-0.39, 0.29) is 30.7 Å². The summed E-state index contributed by atoms with van der Waals surface area (Å²) < 4.78 is 0. The molecular formula is C16H24Cl3N3O. The molecular weight excluding hydrogens is 357 g/mol. The number of hydrogen-bond acceptors (Lipinski definition) is 3. The largest absolute Gasteiger partial charge is 0.368 e. The molecule has 1 unspecified atom stereocenters. The van der Waals surface area contributed by atoms with Crippen LogP contribution in [0.5, 0.6) is 0 Å². The van der Waals surface area contributed by atoms with E-state index in [9.17, 15) is 4.79 Å². The Labute approximate surface area is 155 Å². The monoisotopic (exact) mass is 379 g/mol. The van der Waals surface area contributed by atoms with E-state index in [1.165, 1.54) is 5.69 Å². The normalized spacial score (nSPS) is 21.2. The summed E-state index contributed by atoms with van der Waals surface area (Å²) >= 11 is 5.92. The predicted octanol–water partition coefficient (Wildman–Crippen LogP) is 2.83. The molecule has 4 nitrogen and oxygen atoms in total. The first-order valence-electron chi connectivity index (χ1n) is 7.74. The number of halogens is 3. The maximum Gasteiger partial charge on any atom is 0.227 e. The topological polar surface area (TPSA) is 35.6 Å². The van der Waals surface area contributed by atoms with E-state index in [2.05, 4.69) is 10.2 Å². The fourth-order valence-electron chi connectivity index (χ4n) is 3.16. The maximum absolute atomic E-state index is 12.5. The molecule has 7 heteroatoms. The summed E-state index contributed by atoms with van der Waals surface area (Å²) in [7, 11) is 0. The van der Waals surface area contributed by atoms with Gasteiger partial charge >= 0.3 is 0 Å². The van der Waals surface area contributed by atoms with Gasteiger partial charge in [-0.1, -0.05) is 11.6 Å². The molecule has 1 aromatic rings. The number of hydrogen-bond donors (Lipinski definition) is 1. The average molecular weight is 381 g/mol. The highest BCUT2D eigenvalue weighted by Gasteiger charge is 2.28. The Hall–Kier alpha value is -0.680. The van der Waals surface area contributed by atoms with Crippen molar-refractivity contribution in [3.05, 3.63) is 29.3 Å². The quantitative estimate of drug-likeness (QED) is 0.857. The van der Waals surface area contributed by atoms with Gasteiger partial charge in [0.05, 0.1) is 5.92 Å². The van der Waals surface area contributed by atoms with Gasteiger partial charge in [0.25, 0.3) is 0 Å². The van der Waals surface area contributed by atoms with Gasteiger partial charge in [0.2, 0.25) is 5.91 Å². The van der Waals surface area contributed by atoms with E-state index in [1.54, 1.807) is 0 Å². The fraction of sp³-hybridized carbons (Fsp3) is 0.562. The SMILES string of the molecule is Cl.Cl.O=C(C1CCCNC1)N1CCN(c2ccc(Cl)cc2)CC1. The Morgan fingerprint density at radius 1 is 1.09 bits per heavy atom. The highest BCUT2D eigenvalue weighted by atomic mass is 35.5. The van der Waals surface area contributed by atoms with E-state index < -0.39 is 0 Å². The number of nitrogens with one attached hydrogen (secondary N) is 1. The first-order valence-corrected chi connectivity index (χ1v) is 8.12. The first kappa shape index (κ1) is 20.4. The van der Waals surface area contributed by atoms with E-state index in [0.29, 0.717) is 5.91 Å². The van der Waals surface area contributed by atoms with Crippen LogP contribution in [0.4, 0.5) is 5.69 Å². The van der Waals surface area contributed by atoms with Gasteiger partial charge in [-0.3, -0.25) is 4.79 Å². The number of anilines is 1. The number of amides is 1. The van der Waals surface area contributed by atoms with Crippen LogP contribution < -0.4 is 10.2 Å². The standard InChI is InChI=1S/C16H22ClN3O.2ClH/c17-14-3-5-15(6-4-14)19-8-10-20(11-9-19)16(21)13-2-1-7-18-12-13;;/h3-6,13,18H,1-2,7-12H2;2*1H. The molecule has 3 rings (SSSR count). The number of piperidine rings is 1. The predicted molar refractivity (Wildman–Crippen MR) is 100 cm³/mol. The molecule has 0 saturated carbocycles. The number of benzene rings is 1. The summed E-state index contributed by atoms with van der Waals surface area (Å²) in [6.07, 6.45) is 2.14. The maximum atomic E-state index is 12.5. The molecule has 0 aliphatic carbocycles. The van der Waals surface area contributed by atoms with E-state index in [1.807, 2.05) is 29.2 Å². The van der Waals surface area contributed by atoms with Crippen molar-refractivity contribution < 1.29 is 4.79 Å². The van der Waals surface area contributed by atoms with Crippen LogP contribution in [0, 0.1) is 5.92 Å². The number of carbonyl (C=O) groups is 1. The zero-order chi connectivity index (χ0) is 14.7. The molecule has 1 atom stereocenters. The highest BCUT2D eigenvalue weighted by Crippen LogP contribution is 2.21. The second-order valence-electron chi connectivity index (χ2n) is 5.83. The van der Waals surface area contributed by atoms with Crippen LogP contribution in [-0.2, 0) is 4.79 Å². The molecule has 2 aliphatic rings. The zero-order valence-electron chi connectivity index (χ0n) is 13.0. The minimum absolute atomic E-state index is 0. The van der Waals surface area contributed by atoms with Gasteiger partial charge in [-0.25, -0.2) is 0 Å². The van der Waals surface area contributed by atoms with Gasteiger partial charge in [0.1, 0.15) is 0 Å². The summed E-state index contributed by atoms with van der Waals surface area (Å²) in [4.78, 5) is 16.8. The van der Waals surface area contributed by atoms with Crippen LogP contribution >= 0.6 is 36.4 Å². The van der Waals surface area contributed by atoms with E-state index in [0.717, 1.165) is 57.1 Å². The molecule has 0 bridgehead atoms. The molecule has 1 amide bonds. The number of nitrogens with zero attached hydrogens (tertiary/aromatic N) is 2. The lowest BCUT2D eigenvalue weighted by molar-refractivity contribution is -0.136. The summed E-state index contributed by atoms with van der Waals surface area (Å²) in [5.74, 6) is 0.513. The molecule has 0 radical (unpaired) electrons. The van der Waals surface area contributed by atoms with Crippen LogP contribution in [0.3, 0.4) is 0 Å². The Balaban J connectivity index is 0.00000132. The average Bonchev–Trinajstić information content (AvgIpc) is 2.56. The molecule has 1 aromatic carbocycles. The third kappa shape index (κ3) is 5.15. The third-order valence-electron chi connectivity index (χ3n) is 4.43. The fourth-order valence-corrected chi connectivity index (χ4v) is 3.28. The van der Waals surface area contributed by atoms with Gasteiger partial charge in [0, 0.05) is 43.4 Å².